The Morgan fingerprint density at radius 3 is 2.07 bits per heavy atom. The lowest BCUT2D eigenvalue weighted by atomic mass is 9.69. The summed E-state index contributed by atoms with van der Waals surface area (Å²) in [6, 6.07) is 26.7. The Morgan fingerprint density at radius 2 is 1.36 bits per heavy atom. The Bertz CT molecular complexity index is 1040. The summed E-state index contributed by atoms with van der Waals surface area (Å²) in [6.07, 6.45) is 8.15. The molecule has 0 aliphatic heterocycles. The zero-order chi connectivity index (χ0) is 19.6. The maximum Gasteiger partial charge on any atom is 0.173 e. The lowest BCUT2D eigenvalue weighted by Gasteiger charge is -2.32. The second kappa shape index (κ2) is 7.44. The van der Waals surface area contributed by atoms with Crippen LogP contribution < -0.4 is 0 Å². The molecule has 138 valence electrons. The maximum atomic E-state index is 13.5. The van der Waals surface area contributed by atoms with Gasteiger partial charge in [0.15, 0.2) is 5.78 Å². The zero-order valence-corrected chi connectivity index (χ0v) is 16.3. The van der Waals surface area contributed by atoms with Gasteiger partial charge in [-0.25, -0.2) is 0 Å². The predicted molar refractivity (Wildman–Crippen MR) is 117 cm³/mol. The molecule has 2 atom stereocenters. The second-order valence-corrected chi connectivity index (χ2v) is 7.63. The molecule has 0 fully saturated rings. The van der Waals surface area contributed by atoms with E-state index in [2.05, 4.69) is 49.4 Å². The van der Waals surface area contributed by atoms with Crippen LogP contribution >= 0.6 is 0 Å². The molecule has 3 aromatic rings. The van der Waals surface area contributed by atoms with Crippen molar-refractivity contribution in [3.63, 3.8) is 0 Å². The predicted octanol–water partition coefficient (Wildman–Crippen LogP) is 6.97. The highest BCUT2D eigenvalue weighted by Gasteiger charge is 2.37. The van der Waals surface area contributed by atoms with Crippen molar-refractivity contribution in [3.8, 4) is 22.3 Å². The molecule has 0 spiro atoms. The number of carbonyl (C=O) groups is 1. The number of hydrogen-bond donors (Lipinski definition) is 0. The van der Waals surface area contributed by atoms with E-state index in [0.29, 0.717) is 0 Å². The number of ketones is 1. The highest BCUT2D eigenvalue weighted by atomic mass is 16.1. The van der Waals surface area contributed by atoms with Crippen LogP contribution in [0.5, 0.6) is 0 Å². The number of allylic oxidation sites excluding steroid dienone is 4. The summed E-state index contributed by atoms with van der Waals surface area (Å²) in [5.74, 6) is 0.335. The van der Waals surface area contributed by atoms with Crippen LogP contribution in [0.15, 0.2) is 103 Å². The Balaban J connectivity index is 1.72. The topological polar surface area (TPSA) is 17.1 Å². The van der Waals surface area contributed by atoms with E-state index >= 15 is 0 Å². The summed E-state index contributed by atoms with van der Waals surface area (Å²) in [6.45, 7) is 4.14. The summed E-state index contributed by atoms with van der Waals surface area (Å²) >= 11 is 0. The first kappa shape index (κ1) is 18.2. The minimum atomic E-state index is -0.519. The molecule has 2 unspecified atom stereocenters. The largest absolute Gasteiger partial charge is 0.293 e. The van der Waals surface area contributed by atoms with Crippen molar-refractivity contribution in [3.05, 3.63) is 109 Å². The highest BCUT2D eigenvalue weighted by molar-refractivity contribution is 6.07. The van der Waals surface area contributed by atoms with E-state index in [1.54, 1.807) is 0 Å². The van der Waals surface area contributed by atoms with Gasteiger partial charge in [0.05, 0.1) is 5.41 Å². The van der Waals surface area contributed by atoms with Gasteiger partial charge >= 0.3 is 0 Å². The van der Waals surface area contributed by atoms with E-state index in [1.165, 1.54) is 11.1 Å². The monoisotopic (exact) mass is 364 g/mol. The van der Waals surface area contributed by atoms with Crippen LogP contribution in [0.4, 0.5) is 0 Å². The maximum absolute atomic E-state index is 13.5. The first-order valence-electron chi connectivity index (χ1n) is 9.75. The lowest BCUT2D eigenvalue weighted by Crippen LogP contribution is -2.33. The zero-order valence-electron chi connectivity index (χ0n) is 16.3. The van der Waals surface area contributed by atoms with Crippen molar-refractivity contribution < 1.29 is 4.79 Å². The van der Waals surface area contributed by atoms with Gasteiger partial charge in [-0.1, -0.05) is 110 Å². The first-order chi connectivity index (χ1) is 13.6. The fourth-order valence-electron chi connectivity index (χ4n) is 3.82. The van der Waals surface area contributed by atoms with Gasteiger partial charge in [-0.3, -0.25) is 4.79 Å². The van der Waals surface area contributed by atoms with Crippen LogP contribution in [0.1, 0.15) is 24.2 Å². The summed E-state index contributed by atoms with van der Waals surface area (Å²) in [7, 11) is 0. The molecule has 0 saturated carbocycles. The average molecular weight is 364 g/mol. The van der Waals surface area contributed by atoms with Crippen molar-refractivity contribution in [2.45, 2.75) is 13.8 Å². The third kappa shape index (κ3) is 3.25. The van der Waals surface area contributed by atoms with Gasteiger partial charge in [-0.05, 0) is 35.1 Å². The van der Waals surface area contributed by atoms with Gasteiger partial charge < -0.3 is 0 Å². The summed E-state index contributed by atoms with van der Waals surface area (Å²) in [5.41, 5.74) is 4.69. The fraction of sp³-hybridized carbons (Fsp3) is 0.148. The van der Waals surface area contributed by atoms with Gasteiger partial charge in [-0.2, -0.15) is 0 Å². The Kier molecular flexibility index (Phi) is 4.83. The van der Waals surface area contributed by atoms with Crippen molar-refractivity contribution in [1.29, 1.82) is 0 Å². The average Bonchev–Trinajstić information content (AvgIpc) is 2.76. The van der Waals surface area contributed by atoms with Crippen LogP contribution in [0.2, 0.25) is 0 Å². The van der Waals surface area contributed by atoms with Crippen molar-refractivity contribution in [2.75, 3.05) is 0 Å². The molecule has 0 bridgehead atoms. The van der Waals surface area contributed by atoms with E-state index in [-0.39, 0.29) is 11.7 Å². The molecule has 1 aliphatic carbocycles. The quantitative estimate of drug-likeness (QED) is 0.457. The molecule has 0 radical (unpaired) electrons. The minimum Gasteiger partial charge on any atom is -0.293 e. The highest BCUT2D eigenvalue weighted by Crippen LogP contribution is 2.39. The van der Waals surface area contributed by atoms with Crippen molar-refractivity contribution in [1.82, 2.24) is 0 Å². The van der Waals surface area contributed by atoms with Gasteiger partial charge in [-0.15, -0.1) is 0 Å². The van der Waals surface area contributed by atoms with Crippen LogP contribution in [0.3, 0.4) is 0 Å². The molecule has 4 rings (SSSR count). The molecule has 1 nitrogen and oxygen atoms in total. The van der Waals surface area contributed by atoms with Crippen molar-refractivity contribution in [2.24, 2.45) is 11.3 Å². The molecule has 0 saturated heterocycles. The minimum absolute atomic E-state index is 0.165. The Hall–Kier alpha value is -3.19. The van der Waals surface area contributed by atoms with E-state index in [9.17, 15) is 4.79 Å². The summed E-state index contributed by atoms with van der Waals surface area (Å²) in [5, 5.41) is 0. The molecule has 0 heterocycles. The molecule has 0 N–H and O–H groups in total. The summed E-state index contributed by atoms with van der Waals surface area (Å²) < 4.78 is 0. The van der Waals surface area contributed by atoms with Gasteiger partial charge in [0.2, 0.25) is 0 Å². The lowest BCUT2D eigenvalue weighted by molar-refractivity contribution is 0.0830. The normalized spacial score (nSPS) is 20.9. The van der Waals surface area contributed by atoms with Crippen molar-refractivity contribution >= 4 is 5.78 Å². The van der Waals surface area contributed by atoms with E-state index in [0.717, 1.165) is 16.7 Å². The van der Waals surface area contributed by atoms with Gasteiger partial charge in [0.25, 0.3) is 0 Å². The Morgan fingerprint density at radius 1 is 0.750 bits per heavy atom. The molecule has 1 heteroatoms. The van der Waals surface area contributed by atoms with Crippen LogP contribution in [-0.2, 0) is 0 Å². The molecule has 1 aliphatic rings. The van der Waals surface area contributed by atoms with E-state index in [4.69, 9.17) is 0 Å². The number of carbonyl (C=O) groups excluding carboxylic acids is 1. The number of hydrogen-bond acceptors (Lipinski definition) is 1. The smallest absolute Gasteiger partial charge is 0.173 e. The Labute approximate surface area is 167 Å². The molecular formula is C27H24O. The molecule has 0 amide bonds. The second-order valence-electron chi connectivity index (χ2n) is 7.63. The van der Waals surface area contributed by atoms with E-state index in [1.807, 2.05) is 67.6 Å². The summed E-state index contributed by atoms with van der Waals surface area (Å²) in [4.78, 5) is 13.5. The standard InChI is InChI=1S/C27H24O/c1-20-10-8-9-19-27(20,2)26(28)25-14-7-6-13-24(25)23-17-15-22(16-18-23)21-11-4-3-5-12-21/h3-20H,1-2H3. The van der Waals surface area contributed by atoms with Gasteiger partial charge in [0, 0.05) is 5.56 Å². The number of benzene rings is 3. The van der Waals surface area contributed by atoms with Crippen LogP contribution in [-0.4, -0.2) is 5.78 Å². The van der Waals surface area contributed by atoms with Crippen LogP contribution in [0, 0.1) is 11.3 Å². The first-order valence-corrected chi connectivity index (χ1v) is 9.75. The third-order valence-electron chi connectivity index (χ3n) is 5.86. The molecular weight excluding hydrogens is 340 g/mol. The fourth-order valence-corrected chi connectivity index (χ4v) is 3.82. The number of Topliss-reactive ketones (excluding diaryl/α,β-unsaturated/α-hetero) is 1. The SMILES string of the molecule is CC1C=CC=CC1(C)C(=O)c1ccccc1-c1ccc(-c2ccccc2)cc1. The van der Waals surface area contributed by atoms with E-state index < -0.39 is 5.41 Å². The molecule has 3 aromatic carbocycles. The number of rotatable bonds is 4. The van der Waals surface area contributed by atoms with Gasteiger partial charge in [0.1, 0.15) is 0 Å². The molecule has 0 aromatic heterocycles. The third-order valence-corrected chi connectivity index (χ3v) is 5.86. The molecule has 28 heavy (non-hydrogen) atoms. The van der Waals surface area contributed by atoms with Crippen LogP contribution in [0.25, 0.3) is 22.3 Å².